The highest BCUT2D eigenvalue weighted by Crippen LogP contribution is 2.51. The Morgan fingerprint density at radius 2 is 0.445 bits per heavy atom. The molecule has 24 rings (SSSR count). The quantitative estimate of drug-likeness (QED) is 0.0910. The van der Waals surface area contributed by atoms with Crippen molar-refractivity contribution in [2.24, 2.45) is 0 Å². The Morgan fingerprint density at radius 3 is 1.02 bits per heavy atom. The van der Waals surface area contributed by atoms with E-state index in [2.05, 4.69) is 483 Å². The second-order valence-electron chi connectivity index (χ2n) is 33.3. The van der Waals surface area contributed by atoms with Crippen molar-refractivity contribution in [3.05, 3.63) is 485 Å². The molecular formula is C124H80N2O2. The van der Waals surface area contributed by atoms with Crippen LogP contribution in [-0.4, -0.2) is 0 Å². The molecule has 0 spiro atoms. The molecule has 0 radical (unpaired) electrons. The summed E-state index contributed by atoms with van der Waals surface area (Å²) < 4.78 is 13.2. The first-order chi connectivity index (χ1) is 63.4. The summed E-state index contributed by atoms with van der Waals surface area (Å²) in [4.78, 5) is 4.88. The van der Waals surface area contributed by atoms with Crippen molar-refractivity contribution in [2.45, 2.75) is 0 Å². The van der Waals surface area contributed by atoms with E-state index in [0.29, 0.717) is 0 Å². The molecule has 0 saturated carbocycles. The number of fused-ring (bicyclic) bond motifs is 10. The molecule has 22 aromatic carbocycles. The van der Waals surface area contributed by atoms with Crippen LogP contribution < -0.4 is 9.80 Å². The van der Waals surface area contributed by atoms with Crippen molar-refractivity contribution >= 4 is 121 Å². The smallest absolute Gasteiger partial charge is 0.136 e. The lowest BCUT2D eigenvalue weighted by atomic mass is 9.88. The molecule has 0 aliphatic rings. The molecule has 0 N–H and O–H groups in total. The molecule has 4 nitrogen and oxygen atoms in total. The van der Waals surface area contributed by atoms with Gasteiger partial charge in [-0.25, -0.2) is 0 Å². The summed E-state index contributed by atoms with van der Waals surface area (Å²) in [5.41, 5.74) is 34.6. The van der Waals surface area contributed by atoms with E-state index in [1.54, 1.807) is 0 Å². The molecule has 0 amide bonds. The monoisotopic (exact) mass is 1630 g/mol. The average Bonchev–Trinajstić information content (AvgIpc) is 1.18. The number of para-hydroxylation sites is 5. The van der Waals surface area contributed by atoms with Gasteiger partial charge in [0.2, 0.25) is 0 Å². The van der Waals surface area contributed by atoms with Crippen molar-refractivity contribution in [2.75, 3.05) is 9.80 Å². The lowest BCUT2D eigenvalue weighted by molar-refractivity contribution is 0.668. The molecular weight excluding hydrogens is 1550 g/mol. The van der Waals surface area contributed by atoms with Crippen LogP contribution in [0.1, 0.15) is 0 Å². The van der Waals surface area contributed by atoms with Gasteiger partial charge in [-0.05, 0) is 258 Å². The largest absolute Gasteiger partial charge is 0.456 e. The van der Waals surface area contributed by atoms with E-state index in [0.717, 1.165) is 184 Å². The first kappa shape index (κ1) is 74.9. The Labute approximate surface area is 742 Å². The zero-order valence-electron chi connectivity index (χ0n) is 69.9. The molecule has 0 aliphatic carbocycles. The van der Waals surface area contributed by atoms with Gasteiger partial charge in [0.05, 0.1) is 17.1 Å². The first-order valence-electron chi connectivity index (χ1n) is 43.9. The van der Waals surface area contributed by atoms with E-state index in [9.17, 15) is 0 Å². The summed E-state index contributed by atoms with van der Waals surface area (Å²) in [5, 5.41) is 14.1. The standard InChI is InChI=1S/C124H80N2O2/c1-2-26-90-75-94(58-53-81(90)23-1)117-78-95(64-72-108(117)92-29-19-31-100(77-92)125(118-44-14-9-35-109(118)96-65-73-115-113-39-12-17-47-121(113)127-123(115)79-96)98-67-59-84(60-68-98)82-49-54-88(55-50-82)103-41-20-27-86-24-3-5-32-101(86)103)105-43-22-30-91-76-93(63-71-107(91)105)106-34-7-8-37-111(106)112-38-11-16-46-120(112)126(119-45-15-10-36-110(119)97-66-74-116-114-40-13-18-48-122(114)128-124(116)80-97)99-69-61-85(62-70-99)83-51-56-89(57-52-83)104-42-21-28-87-25-4-6-33-102(87)104/h1-80H. The van der Waals surface area contributed by atoms with Crippen molar-refractivity contribution in [1.29, 1.82) is 0 Å². The lowest BCUT2D eigenvalue weighted by Gasteiger charge is -2.30. The van der Waals surface area contributed by atoms with Gasteiger partial charge in [0.1, 0.15) is 22.3 Å². The van der Waals surface area contributed by atoms with Crippen LogP contribution in [0.3, 0.4) is 0 Å². The van der Waals surface area contributed by atoms with Crippen LogP contribution in [0.4, 0.5) is 34.1 Å². The van der Waals surface area contributed by atoms with Gasteiger partial charge in [-0.3, -0.25) is 0 Å². The van der Waals surface area contributed by atoms with Gasteiger partial charge in [0.25, 0.3) is 0 Å². The van der Waals surface area contributed by atoms with Crippen LogP contribution in [0.5, 0.6) is 0 Å². The van der Waals surface area contributed by atoms with E-state index in [1.807, 2.05) is 12.1 Å². The van der Waals surface area contributed by atoms with E-state index < -0.39 is 0 Å². The number of benzene rings is 22. The molecule has 4 heteroatoms. The van der Waals surface area contributed by atoms with Gasteiger partial charge in [0, 0.05) is 55.3 Å². The minimum atomic E-state index is 0.853. The predicted octanol–water partition coefficient (Wildman–Crippen LogP) is 35.4. The molecule has 128 heavy (non-hydrogen) atoms. The molecule has 0 atom stereocenters. The third-order valence-electron chi connectivity index (χ3n) is 25.9. The predicted molar refractivity (Wildman–Crippen MR) is 540 cm³/mol. The van der Waals surface area contributed by atoms with Gasteiger partial charge in [-0.2, -0.15) is 0 Å². The van der Waals surface area contributed by atoms with Crippen molar-refractivity contribution < 1.29 is 8.83 Å². The normalized spacial score (nSPS) is 11.6. The fraction of sp³-hybridized carbons (Fsp3) is 0. The van der Waals surface area contributed by atoms with Gasteiger partial charge >= 0.3 is 0 Å². The summed E-state index contributed by atoms with van der Waals surface area (Å²) in [6.45, 7) is 0. The molecule has 598 valence electrons. The highest BCUT2D eigenvalue weighted by molar-refractivity contribution is 6.10. The number of hydrogen-bond acceptors (Lipinski definition) is 4. The molecule has 0 bridgehead atoms. The molecule has 24 aromatic rings. The van der Waals surface area contributed by atoms with Crippen LogP contribution >= 0.6 is 0 Å². The Morgan fingerprint density at radius 1 is 0.125 bits per heavy atom. The highest BCUT2D eigenvalue weighted by Gasteiger charge is 2.26. The van der Waals surface area contributed by atoms with Crippen LogP contribution in [-0.2, 0) is 0 Å². The highest BCUT2D eigenvalue weighted by atomic mass is 16.3. The summed E-state index contributed by atoms with van der Waals surface area (Å²) in [6.07, 6.45) is 0. The van der Waals surface area contributed by atoms with Crippen molar-refractivity contribution in [3.8, 4) is 122 Å². The SMILES string of the molecule is c1cc(-c2ccc(-c3cccc4cc(-c5ccccc5-c5ccccc5N(c5ccc(-c6ccc(-c7cccc8ccccc78)cc6)cc5)c5ccccc5-c5ccc6c(c5)oc5ccccc56)ccc34)cc2-c2ccc3ccccc3c2)cc(N(c2ccc(-c3ccc(-c4cccc5ccccc45)cc3)cc2)c2ccccc2-c2ccc3c(c2)oc2ccccc23)c1. The summed E-state index contributed by atoms with van der Waals surface area (Å²) in [5.74, 6) is 0. The van der Waals surface area contributed by atoms with Crippen molar-refractivity contribution in [1.82, 2.24) is 0 Å². The maximum absolute atomic E-state index is 6.59. The Kier molecular flexibility index (Phi) is 18.6. The number of nitrogens with zero attached hydrogens (tertiary/aromatic N) is 2. The fourth-order valence-electron chi connectivity index (χ4n) is 19.6. The van der Waals surface area contributed by atoms with Gasteiger partial charge in [-0.1, -0.05) is 376 Å². The minimum absolute atomic E-state index is 0.853. The van der Waals surface area contributed by atoms with Crippen LogP contribution in [0.2, 0.25) is 0 Å². The molecule has 2 heterocycles. The Balaban J connectivity index is 0.599. The Bertz CT molecular complexity index is 8430. The van der Waals surface area contributed by atoms with Crippen LogP contribution in [0.25, 0.3) is 209 Å². The summed E-state index contributed by atoms with van der Waals surface area (Å²) in [6, 6.07) is 178. The average molecular weight is 1630 g/mol. The van der Waals surface area contributed by atoms with E-state index in [-0.39, 0.29) is 0 Å². The van der Waals surface area contributed by atoms with E-state index in [4.69, 9.17) is 8.83 Å². The number of furan rings is 2. The fourth-order valence-corrected chi connectivity index (χ4v) is 19.6. The minimum Gasteiger partial charge on any atom is -0.456 e. The molecule has 0 aliphatic heterocycles. The first-order valence-corrected chi connectivity index (χ1v) is 43.9. The zero-order chi connectivity index (χ0) is 84.5. The zero-order valence-corrected chi connectivity index (χ0v) is 69.9. The second-order valence-corrected chi connectivity index (χ2v) is 33.3. The topological polar surface area (TPSA) is 32.8 Å². The molecule has 0 unspecified atom stereocenters. The Hall–Kier alpha value is -16.9. The van der Waals surface area contributed by atoms with Gasteiger partial charge in [-0.15, -0.1) is 0 Å². The summed E-state index contributed by atoms with van der Waals surface area (Å²) in [7, 11) is 0. The number of anilines is 6. The molecule has 0 saturated heterocycles. The van der Waals surface area contributed by atoms with Gasteiger partial charge < -0.3 is 18.6 Å². The second kappa shape index (κ2) is 31.8. The molecule has 2 aromatic heterocycles. The third kappa shape index (κ3) is 13.5. The lowest BCUT2D eigenvalue weighted by Crippen LogP contribution is -2.12. The van der Waals surface area contributed by atoms with E-state index in [1.165, 1.54) is 60.0 Å². The number of hydrogen-bond donors (Lipinski definition) is 0. The molecule has 0 fully saturated rings. The van der Waals surface area contributed by atoms with Gasteiger partial charge in [0.15, 0.2) is 0 Å². The van der Waals surface area contributed by atoms with Crippen molar-refractivity contribution in [3.63, 3.8) is 0 Å². The third-order valence-corrected chi connectivity index (χ3v) is 25.9. The maximum Gasteiger partial charge on any atom is 0.136 e. The van der Waals surface area contributed by atoms with Crippen LogP contribution in [0.15, 0.2) is 494 Å². The van der Waals surface area contributed by atoms with Crippen LogP contribution in [0, 0.1) is 0 Å². The summed E-state index contributed by atoms with van der Waals surface area (Å²) >= 11 is 0. The number of rotatable bonds is 17. The maximum atomic E-state index is 6.59. The van der Waals surface area contributed by atoms with E-state index >= 15 is 0 Å².